The second-order valence-corrected chi connectivity index (χ2v) is 5.52. The van der Waals surface area contributed by atoms with Gasteiger partial charge in [0.25, 0.3) is 0 Å². The van der Waals surface area contributed by atoms with Gasteiger partial charge in [-0.1, -0.05) is 19.3 Å². The molecule has 0 radical (unpaired) electrons. The van der Waals surface area contributed by atoms with Gasteiger partial charge in [-0.3, -0.25) is 9.59 Å². The number of carbonyl (C=O) groups is 2. The van der Waals surface area contributed by atoms with Gasteiger partial charge in [-0.15, -0.1) is 0 Å². The molecule has 1 fully saturated rings. The van der Waals surface area contributed by atoms with Gasteiger partial charge in [-0.2, -0.15) is 0 Å². The third-order valence-electron chi connectivity index (χ3n) is 4.08. The number of amides is 1. The largest absolute Gasteiger partial charge is 0.480 e. The topological polar surface area (TPSA) is 75.6 Å². The smallest absolute Gasteiger partial charge is 0.318 e. The minimum absolute atomic E-state index is 0.394. The number of carboxylic acids is 1. The van der Waals surface area contributed by atoms with Crippen molar-refractivity contribution >= 4 is 11.9 Å². The van der Waals surface area contributed by atoms with Crippen LogP contribution in [-0.2, 0) is 14.3 Å². The second-order valence-electron chi connectivity index (χ2n) is 5.52. The quantitative estimate of drug-likeness (QED) is 0.547. The van der Waals surface area contributed by atoms with Crippen LogP contribution in [0.4, 0.5) is 0 Å². The molecular formula is C14H25NO4. The first-order chi connectivity index (χ1) is 9.00. The first-order valence-corrected chi connectivity index (χ1v) is 7.04. The van der Waals surface area contributed by atoms with Crippen molar-refractivity contribution in [2.24, 2.45) is 11.3 Å². The fourth-order valence-electron chi connectivity index (χ4n) is 2.54. The molecule has 2 N–H and O–H groups in total. The van der Waals surface area contributed by atoms with Crippen LogP contribution in [0.1, 0.15) is 45.4 Å². The standard InChI is InChI=1S/C14H25NO4/c1-14(13(17)18,12(16)15-2)8-4-3-5-11-6-9-19-10-7-11/h11H,3-10H2,1-2H3,(H,15,16)(H,17,18). The summed E-state index contributed by atoms with van der Waals surface area (Å²) in [6.45, 7) is 3.19. The van der Waals surface area contributed by atoms with Gasteiger partial charge in [0.15, 0.2) is 0 Å². The molecule has 5 heteroatoms. The van der Waals surface area contributed by atoms with Gasteiger partial charge < -0.3 is 15.2 Å². The molecule has 19 heavy (non-hydrogen) atoms. The van der Waals surface area contributed by atoms with Gasteiger partial charge in [0, 0.05) is 20.3 Å². The predicted molar refractivity (Wildman–Crippen MR) is 71.8 cm³/mol. The Labute approximate surface area is 114 Å². The molecule has 1 saturated heterocycles. The van der Waals surface area contributed by atoms with Gasteiger partial charge in [-0.25, -0.2) is 0 Å². The number of unbranched alkanes of at least 4 members (excludes halogenated alkanes) is 1. The Morgan fingerprint density at radius 2 is 1.95 bits per heavy atom. The van der Waals surface area contributed by atoms with Crippen LogP contribution in [0, 0.1) is 11.3 Å². The van der Waals surface area contributed by atoms with Crippen molar-refractivity contribution in [3.63, 3.8) is 0 Å². The highest BCUT2D eigenvalue weighted by Gasteiger charge is 2.39. The lowest BCUT2D eigenvalue weighted by Crippen LogP contribution is -2.43. The third kappa shape index (κ3) is 4.49. The van der Waals surface area contributed by atoms with Crippen LogP contribution in [0.15, 0.2) is 0 Å². The molecule has 5 nitrogen and oxygen atoms in total. The van der Waals surface area contributed by atoms with E-state index in [2.05, 4.69) is 5.32 Å². The van der Waals surface area contributed by atoms with Gasteiger partial charge in [0.1, 0.15) is 5.41 Å². The zero-order valence-corrected chi connectivity index (χ0v) is 11.9. The molecule has 0 aromatic rings. The van der Waals surface area contributed by atoms with Crippen molar-refractivity contribution in [2.75, 3.05) is 20.3 Å². The maximum atomic E-state index is 11.7. The first-order valence-electron chi connectivity index (χ1n) is 7.04. The van der Waals surface area contributed by atoms with E-state index >= 15 is 0 Å². The molecule has 1 aliphatic heterocycles. The van der Waals surface area contributed by atoms with Gasteiger partial charge in [-0.05, 0) is 32.1 Å². The molecule has 110 valence electrons. The fraction of sp³-hybridized carbons (Fsp3) is 0.857. The van der Waals surface area contributed by atoms with E-state index in [4.69, 9.17) is 4.74 Å². The second kappa shape index (κ2) is 7.48. The van der Waals surface area contributed by atoms with Crippen molar-refractivity contribution < 1.29 is 19.4 Å². The van der Waals surface area contributed by atoms with Crippen LogP contribution in [0.25, 0.3) is 0 Å². The maximum absolute atomic E-state index is 11.7. The van der Waals surface area contributed by atoms with E-state index in [0.717, 1.165) is 45.3 Å². The number of rotatable bonds is 7. The van der Waals surface area contributed by atoms with Crippen molar-refractivity contribution in [3.8, 4) is 0 Å². The van der Waals surface area contributed by atoms with Crippen LogP contribution >= 0.6 is 0 Å². The lowest BCUT2D eigenvalue weighted by molar-refractivity contribution is -0.155. The first kappa shape index (κ1) is 16.0. The predicted octanol–water partition coefficient (Wildman–Crippen LogP) is 1.81. The molecule has 0 spiro atoms. The Hall–Kier alpha value is -1.10. The van der Waals surface area contributed by atoms with Crippen molar-refractivity contribution in [2.45, 2.75) is 45.4 Å². The van der Waals surface area contributed by atoms with E-state index in [-0.39, 0.29) is 0 Å². The summed E-state index contributed by atoms with van der Waals surface area (Å²) < 4.78 is 5.31. The van der Waals surface area contributed by atoms with E-state index in [1.165, 1.54) is 14.0 Å². The lowest BCUT2D eigenvalue weighted by atomic mass is 9.83. The zero-order chi connectivity index (χ0) is 14.3. The summed E-state index contributed by atoms with van der Waals surface area (Å²) in [4.78, 5) is 22.9. The van der Waals surface area contributed by atoms with Crippen molar-refractivity contribution in [1.29, 1.82) is 0 Å². The fourth-order valence-corrected chi connectivity index (χ4v) is 2.54. The minimum atomic E-state index is -1.30. The average Bonchev–Trinajstić information content (AvgIpc) is 2.43. The summed E-state index contributed by atoms with van der Waals surface area (Å²) in [5.74, 6) is -0.756. The molecule has 0 bridgehead atoms. The summed E-state index contributed by atoms with van der Waals surface area (Å²) in [6.07, 6.45) is 5.45. The van der Waals surface area contributed by atoms with Gasteiger partial charge in [0.2, 0.25) is 5.91 Å². The lowest BCUT2D eigenvalue weighted by Gasteiger charge is -2.24. The zero-order valence-electron chi connectivity index (χ0n) is 11.9. The number of aliphatic carboxylic acids is 1. The molecule has 1 amide bonds. The number of nitrogens with one attached hydrogen (secondary N) is 1. The summed E-state index contributed by atoms with van der Waals surface area (Å²) in [5, 5.41) is 11.6. The van der Waals surface area contributed by atoms with Crippen LogP contribution in [-0.4, -0.2) is 37.2 Å². The van der Waals surface area contributed by atoms with Gasteiger partial charge in [0.05, 0.1) is 0 Å². The third-order valence-corrected chi connectivity index (χ3v) is 4.08. The van der Waals surface area contributed by atoms with E-state index < -0.39 is 17.3 Å². The SMILES string of the molecule is CNC(=O)C(C)(CCCCC1CCOCC1)C(=O)O. The average molecular weight is 271 g/mol. The van der Waals surface area contributed by atoms with E-state index in [0.29, 0.717) is 12.3 Å². The summed E-state index contributed by atoms with van der Waals surface area (Å²) >= 11 is 0. The van der Waals surface area contributed by atoms with E-state index in [1.54, 1.807) is 0 Å². The molecule has 1 atom stereocenters. The van der Waals surface area contributed by atoms with Crippen LogP contribution in [0.5, 0.6) is 0 Å². The van der Waals surface area contributed by atoms with Gasteiger partial charge >= 0.3 is 5.97 Å². The monoisotopic (exact) mass is 271 g/mol. The van der Waals surface area contributed by atoms with E-state index in [9.17, 15) is 14.7 Å². The number of hydrogen-bond acceptors (Lipinski definition) is 3. The molecule has 1 heterocycles. The molecule has 0 saturated carbocycles. The minimum Gasteiger partial charge on any atom is -0.480 e. The number of carboxylic acid groups (broad SMARTS) is 1. The molecule has 1 rings (SSSR count). The molecule has 1 unspecified atom stereocenters. The Morgan fingerprint density at radius 3 is 2.47 bits per heavy atom. The molecule has 0 aromatic heterocycles. The highest BCUT2D eigenvalue weighted by Crippen LogP contribution is 2.27. The highest BCUT2D eigenvalue weighted by atomic mass is 16.5. The number of carbonyl (C=O) groups excluding carboxylic acids is 1. The van der Waals surface area contributed by atoms with Crippen LogP contribution in [0.3, 0.4) is 0 Å². The van der Waals surface area contributed by atoms with E-state index in [1.807, 2.05) is 0 Å². The van der Waals surface area contributed by atoms with Crippen molar-refractivity contribution in [3.05, 3.63) is 0 Å². The Bertz CT molecular complexity index is 313. The summed E-state index contributed by atoms with van der Waals surface area (Å²) in [7, 11) is 1.48. The number of hydrogen-bond donors (Lipinski definition) is 2. The Kier molecular flexibility index (Phi) is 6.28. The molecular weight excluding hydrogens is 246 g/mol. The van der Waals surface area contributed by atoms with Crippen LogP contribution < -0.4 is 5.32 Å². The summed E-state index contributed by atoms with van der Waals surface area (Å²) in [6, 6.07) is 0. The highest BCUT2D eigenvalue weighted by molar-refractivity contribution is 6.01. The van der Waals surface area contributed by atoms with Crippen LogP contribution in [0.2, 0.25) is 0 Å². The Balaban J connectivity index is 2.32. The number of ether oxygens (including phenoxy) is 1. The molecule has 0 aliphatic carbocycles. The van der Waals surface area contributed by atoms with Crippen molar-refractivity contribution in [1.82, 2.24) is 5.32 Å². The Morgan fingerprint density at radius 1 is 1.32 bits per heavy atom. The maximum Gasteiger partial charge on any atom is 0.318 e. The summed E-state index contributed by atoms with van der Waals surface area (Å²) in [5.41, 5.74) is -1.30. The molecule has 1 aliphatic rings. The normalized spacial score (nSPS) is 19.7. The molecule has 0 aromatic carbocycles.